The van der Waals surface area contributed by atoms with E-state index in [1.165, 1.54) is 19.6 Å². The first-order valence-electron chi connectivity index (χ1n) is 4.99. The summed E-state index contributed by atoms with van der Waals surface area (Å²) in [7, 11) is 2.27. The molecule has 0 heterocycles. The average molecular weight is 442 g/mol. The third-order valence-electron chi connectivity index (χ3n) is 2.73. The zero-order valence-electron chi connectivity index (χ0n) is 9.89. The number of nitrogens with zero attached hydrogens (tertiary/aromatic N) is 1. The van der Waals surface area contributed by atoms with Gasteiger partial charge in [-0.3, -0.25) is 16.5 Å². The van der Waals surface area contributed by atoms with Crippen LogP contribution in [0.3, 0.4) is 0 Å². The van der Waals surface area contributed by atoms with Crippen molar-refractivity contribution in [2.24, 2.45) is 11.5 Å². The summed E-state index contributed by atoms with van der Waals surface area (Å²) in [5.41, 5.74) is 10.6. The third kappa shape index (κ3) is 11.0. The van der Waals surface area contributed by atoms with Gasteiger partial charge in [0.1, 0.15) is 0 Å². The summed E-state index contributed by atoms with van der Waals surface area (Å²) in [4.78, 5) is 2.93. The van der Waals surface area contributed by atoms with E-state index in [9.17, 15) is 0 Å². The Morgan fingerprint density at radius 1 is 1.13 bits per heavy atom. The Labute approximate surface area is 127 Å². The van der Waals surface area contributed by atoms with E-state index in [0.717, 1.165) is 17.4 Å². The summed E-state index contributed by atoms with van der Waals surface area (Å²) < 4.78 is 1.12. The van der Waals surface area contributed by atoms with Crippen LogP contribution in [0.15, 0.2) is 0 Å². The van der Waals surface area contributed by atoms with E-state index < -0.39 is 0 Å². The third-order valence-corrected chi connectivity index (χ3v) is 2.73. The van der Waals surface area contributed by atoms with Gasteiger partial charge in [0.2, 0.25) is 0 Å². The first-order valence-corrected chi connectivity index (χ1v) is 4.99. The Morgan fingerprint density at radius 3 is 1.93 bits per heavy atom. The molecule has 0 aliphatic rings. The standard InChI is InChI=1S/C9H23N4.2HI/c1-4-13(3,5-2)8-6-7-12-9(10)11;;/h4-8H2,1-3H3,(H4,10,11,12);2*1H/q+1;;/p-1. The quantitative estimate of drug-likeness (QED) is 0.126. The number of nitrogens with one attached hydrogen (secondary N) is 1. The molecule has 0 saturated heterocycles. The molecule has 0 radical (unpaired) electrons. The summed E-state index contributed by atoms with van der Waals surface area (Å²) in [6.45, 7) is 8.85. The molecule has 6 heteroatoms. The molecule has 0 unspecified atom stereocenters. The maximum absolute atomic E-state index is 5.29. The molecule has 0 amide bonds. The van der Waals surface area contributed by atoms with Crippen LogP contribution in [0.1, 0.15) is 20.3 Å². The van der Waals surface area contributed by atoms with Gasteiger partial charge in [-0.15, -0.1) is 0 Å². The van der Waals surface area contributed by atoms with Crippen LogP contribution in [0, 0.1) is 0 Å². The fraction of sp³-hybridized carbons (Fsp3) is 0.889. The second-order valence-electron chi connectivity index (χ2n) is 3.71. The molecule has 0 bridgehead atoms. The lowest BCUT2D eigenvalue weighted by Gasteiger charge is -2.31. The normalized spacial score (nSPS) is 9.80. The van der Waals surface area contributed by atoms with Crippen molar-refractivity contribution in [2.75, 3.05) is 33.2 Å². The number of guanidine groups is 1. The molecule has 0 aliphatic heterocycles. The van der Waals surface area contributed by atoms with E-state index in [1.54, 1.807) is 0 Å². The molecule has 15 heavy (non-hydrogen) atoms. The number of nitrogens with two attached hydrogens (primary N) is 2. The van der Waals surface area contributed by atoms with Crippen molar-refractivity contribution < 1.29 is 57.4 Å². The predicted octanol–water partition coefficient (Wildman–Crippen LogP) is -7.78. The molecular weight excluding hydrogens is 418 g/mol. The highest BCUT2D eigenvalue weighted by Crippen LogP contribution is 2.01. The van der Waals surface area contributed by atoms with Crippen molar-refractivity contribution in [3.8, 4) is 0 Å². The van der Waals surface area contributed by atoms with E-state index in [4.69, 9.17) is 11.5 Å². The molecule has 0 aromatic carbocycles. The molecular formula is C9H24I2N4. The smallest absolute Gasteiger partial charge is 0.338 e. The molecule has 0 aromatic rings. The first kappa shape index (κ1) is 21.0. The van der Waals surface area contributed by atoms with Gasteiger partial charge >= 0.3 is 5.96 Å². The lowest BCUT2D eigenvalue weighted by Crippen LogP contribution is -3.00. The van der Waals surface area contributed by atoms with Crippen molar-refractivity contribution in [2.45, 2.75) is 20.3 Å². The van der Waals surface area contributed by atoms with E-state index in [0.29, 0.717) is 5.96 Å². The molecule has 0 saturated carbocycles. The molecule has 0 atom stereocenters. The van der Waals surface area contributed by atoms with Crippen LogP contribution in [0.25, 0.3) is 0 Å². The summed E-state index contributed by atoms with van der Waals surface area (Å²) in [5, 5.41) is 0. The summed E-state index contributed by atoms with van der Waals surface area (Å²) in [6, 6.07) is 0. The van der Waals surface area contributed by atoms with Crippen LogP contribution in [0.4, 0.5) is 0 Å². The van der Waals surface area contributed by atoms with Crippen LogP contribution in [-0.2, 0) is 0 Å². The van der Waals surface area contributed by atoms with E-state index >= 15 is 0 Å². The first-order chi connectivity index (χ1) is 6.04. The summed E-state index contributed by atoms with van der Waals surface area (Å²) in [6.07, 6.45) is 1.11. The fourth-order valence-electron chi connectivity index (χ4n) is 1.23. The maximum atomic E-state index is 5.29. The van der Waals surface area contributed by atoms with Gasteiger partial charge in [-0.1, -0.05) is 0 Å². The highest BCUT2D eigenvalue weighted by atomic mass is 127. The predicted molar refractivity (Wildman–Crippen MR) is 56.0 cm³/mol. The van der Waals surface area contributed by atoms with Crippen LogP contribution >= 0.6 is 0 Å². The van der Waals surface area contributed by atoms with Gasteiger partial charge in [-0.25, -0.2) is 0 Å². The van der Waals surface area contributed by atoms with Crippen molar-refractivity contribution in [1.82, 2.24) is 0 Å². The monoisotopic (exact) mass is 442 g/mol. The Bertz CT molecular complexity index is 165. The van der Waals surface area contributed by atoms with Gasteiger partial charge in [0.25, 0.3) is 0 Å². The number of halogens is 2. The number of rotatable bonds is 6. The maximum Gasteiger partial charge on any atom is 0.338 e. The zero-order valence-corrected chi connectivity index (χ0v) is 14.2. The summed E-state index contributed by atoms with van der Waals surface area (Å²) >= 11 is 0. The van der Waals surface area contributed by atoms with Crippen LogP contribution < -0.4 is 64.4 Å². The zero-order chi connectivity index (χ0) is 10.3. The van der Waals surface area contributed by atoms with Crippen molar-refractivity contribution in [3.63, 3.8) is 0 Å². The average Bonchev–Trinajstić information content (AvgIpc) is 2.12. The lowest BCUT2D eigenvalue weighted by molar-refractivity contribution is -0.907. The van der Waals surface area contributed by atoms with Crippen molar-refractivity contribution in [3.05, 3.63) is 0 Å². The fourth-order valence-corrected chi connectivity index (χ4v) is 1.23. The molecule has 0 spiro atoms. The van der Waals surface area contributed by atoms with Gasteiger partial charge in [0, 0.05) is 6.42 Å². The molecule has 0 aromatic heterocycles. The Balaban J connectivity index is -0.000000720. The van der Waals surface area contributed by atoms with Gasteiger partial charge in [-0.05, 0) is 13.8 Å². The van der Waals surface area contributed by atoms with E-state index in [1.807, 2.05) is 0 Å². The van der Waals surface area contributed by atoms with Crippen LogP contribution in [0.5, 0.6) is 0 Å². The second kappa shape index (κ2) is 11.2. The minimum absolute atomic E-state index is 0. The largest absolute Gasteiger partial charge is 1.00 e. The second-order valence-corrected chi connectivity index (χ2v) is 3.71. The SMILES string of the molecule is CC[N+](C)(CC)CCC[NH+]=C(N)N.[I-].[I-]. The van der Waals surface area contributed by atoms with E-state index in [2.05, 4.69) is 25.9 Å². The number of hydrogen-bond donors (Lipinski definition) is 3. The van der Waals surface area contributed by atoms with Gasteiger partial charge < -0.3 is 52.4 Å². The minimum Gasteiger partial charge on any atom is -1.00 e. The molecule has 0 aliphatic carbocycles. The molecule has 5 N–H and O–H groups in total. The molecule has 0 rings (SSSR count). The lowest BCUT2D eigenvalue weighted by atomic mass is 10.3. The van der Waals surface area contributed by atoms with E-state index in [-0.39, 0.29) is 48.0 Å². The van der Waals surface area contributed by atoms with Crippen molar-refractivity contribution >= 4 is 5.96 Å². The molecule has 0 fully saturated rings. The Morgan fingerprint density at radius 2 is 1.60 bits per heavy atom. The van der Waals surface area contributed by atoms with Crippen LogP contribution in [0.2, 0.25) is 0 Å². The number of quaternary nitrogens is 1. The van der Waals surface area contributed by atoms with Gasteiger partial charge in [-0.2, -0.15) is 0 Å². The van der Waals surface area contributed by atoms with Crippen LogP contribution in [-0.4, -0.2) is 43.7 Å². The Kier molecular flexibility index (Phi) is 15.7. The highest BCUT2D eigenvalue weighted by molar-refractivity contribution is 5.69. The molecule has 94 valence electrons. The van der Waals surface area contributed by atoms with Crippen molar-refractivity contribution in [1.29, 1.82) is 0 Å². The van der Waals surface area contributed by atoms with Gasteiger partial charge in [0.15, 0.2) is 0 Å². The highest BCUT2D eigenvalue weighted by Gasteiger charge is 2.14. The minimum atomic E-state index is 0. The Hall–Kier alpha value is 0.690. The number of hydrogen-bond acceptors (Lipinski definition) is 0. The summed E-state index contributed by atoms with van der Waals surface area (Å²) in [5.74, 6) is 0.321. The van der Waals surface area contributed by atoms with Gasteiger partial charge in [0.05, 0.1) is 33.2 Å². The molecule has 4 nitrogen and oxygen atoms in total. The topological polar surface area (TPSA) is 66.0 Å².